The van der Waals surface area contributed by atoms with Gasteiger partial charge in [0.05, 0.1) is 22.7 Å². The van der Waals surface area contributed by atoms with Gasteiger partial charge in [-0.2, -0.15) is 0 Å². The van der Waals surface area contributed by atoms with Gasteiger partial charge in [0.15, 0.2) is 11.6 Å². The predicted octanol–water partition coefficient (Wildman–Crippen LogP) is 4.86. The number of nitro groups is 1. The molecule has 0 amide bonds. The Morgan fingerprint density at radius 2 is 2.00 bits per heavy atom. The maximum Gasteiger partial charge on any atom is 0.271 e. The van der Waals surface area contributed by atoms with Gasteiger partial charge in [-0.25, -0.2) is 4.39 Å². The molecule has 0 atom stereocenters. The number of anilines is 1. The molecule has 0 N–H and O–H groups in total. The molecule has 0 unspecified atom stereocenters. The number of rotatable bonds is 5. The molecule has 0 radical (unpaired) electrons. The first-order valence-electron chi connectivity index (χ1n) is 8.49. The van der Waals surface area contributed by atoms with Crippen molar-refractivity contribution in [2.24, 2.45) is 5.92 Å². The normalized spacial score (nSPS) is 15.1. The highest BCUT2D eigenvalue weighted by Crippen LogP contribution is 2.33. The van der Waals surface area contributed by atoms with Crippen LogP contribution in [-0.4, -0.2) is 25.1 Å². The molecular weight excluding hydrogens is 359 g/mol. The summed E-state index contributed by atoms with van der Waals surface area (Å²) in [5, 5.41) is 11.2. The Kier molecular flexibility index (Phi) is 5.61. The topological polar surface area (TPSA) is 55.6 Å². The van der Waals surface area contributed by atoms with Gasteiger partial charge in [0.1, 0.15) is 0 Å². The Balaban J connectivity index is 1.61. The first-order valence-corrected chi connectivity index (χ1v) is 8.87. The van der Waals surface area contributed by atoms with E-state index in [0.29, 0.717) is 10.9 Å². The van der Waals surface area contributed by atoms with Crippen molar-refractivity contribution in [1.29, 1.82) is 0 Å². The predicted molar refractivity (Wildman–Crippen MR) is 99.7 cm³/mol. The molecule has 5 nitrogen and oxygen atoms in total. The maximum atomic E-state index is 13.8. The summed E-state index contributed by atoms with van der Waals surface area (Å²) in [6.45, 7) is 1.64. The smallest absolute Gasteiger partial charge is 0.271 e. The Morgan fingerprint density at radius 3 is 2.58 bits per heavy atom. The van der Waals surface area contributed by atoms with Crippen molar-refractivity contribution < 1.29 is 14.1 Å². The summed E-state index contributed by atoms with van der Waals surface area (Å²) in [6.07, 6.45) is 2.74. The maximum absolute atomic E-state index is 13.8. The van der Waals surface area contributed by atoms with Crippen LogP contribution >= 0.6 is 11.6 Å². The van der Waals surface area contributed by atoms with Crippen LogP contribution in [0.25, 0.3) is 0 Å². The molecule has 1 aliphatic heterocycles. The highest BCUT2D eigenvalue weighted by Gasteiger charge is 2.22. The summed E-state index contributed by atoms with van der Waals surface area (Å²) in [4.78, 5) is 12.5. The Hall–Kier alpha value is -2.34. The van der Waals surface area contributed by atoms with E-state index in [0.717, 1.165) is 43.6 Å². The van der Waals surface area contributed by atoms with E-state index in [2.05, 4.69) is 4.90 Å². The Morgan fingerprint density at radius 1 is 1.27 bits per heavy atom. The number of methoxy groups -OCH3 is 1. The molecule has 0 saturated carbocycles. The van der Waals surface area contributed by atoms with Gasteiger partial charge in [0, 0.05) is 25.2 Å². The number of hydrogen-bond acceptors (Lipinski definition) is 4. The van der Waals surface area contributed by atoms with Gasteiger partial charge in [0.2, 0.25) is 0 Å². The molecule has 0 aromatic heterocycles. The molecule has 3 rings (SSSR count). The molecule has 2 aromatic rings. The molecule has 1 saturated heterocycles. The van der Waals surface area contributed by atoms with Crippen molar-refractivity contribution in [2.75, 3.05) is 25.1 Å². The van der Waals surface area contributed by atoms with Crippen LogP contribution in [0.1, 0.15) is 18.4 Å². The minimum absolute atomic E-state index is 0.00447. The molecular formula is C19H20ClFN2O3. The van der Waals surface area contributed by atoms with E-state index in [1.807, 2.05) is 6.07 Å². The second kappa shape index (κ2) is 7.91. The van der Waals surface area contributed by atoms with Crippen molar-refractivity contribution in [3.05, 3.63) is 62.9 Å². The zero-order valence-corrected chi connectivity index (χ0v) is 15.2. The highest BCUT2D eigenvalue weighted by atomic mass is 35.5. The van der Waals surface area contributed by atoms with Crippen molar-refractivity contribution in [3.63, 3.8) is 0 Å². The summed E-state index contributed by atoms with van der Waals surface area (Å²) >= 11 is 6.22. The van der Waals surface area contributed by atoms with Crippen LogP contribution in [0.15, 0.2) is 36.4 Å². The quantitative estimate of drug-likeness (QED) is 0.551. The van der Waals surface area contributed by atoms with Crippen LogP contribution in [-0.2, 0) is 6.42 Å². The summed E-state index contributed by atoms with van der Waals surface area (Å²) in [5.41, 5.74) is 1.79. The lowest BCUT2D eigenvalue weighted by atomic mass is 9.90. The van der Waals surface area contributed by atoms with Crippen LogP contribution < -0.4 is 9.64 Å². The second-order valence-corrected chi connectivity index (χ2v) is 6.90. The number of non-ortho nitro benzene ring substituents is 1. The fraction of sp³-hybridized carbons (Fsp3) is 0.368. The summed E-state index contributed by atoms with van der Waals surface area (Å²) in [6, 6.07) is 9.69. The Bertz CT molecular complexity index is 807. The minimum atomic E-state index is -0.449. The molecule has 0 aliphatic carbocycles. The third kappa shape index (κ3) is 4.07. The van der Waals surface area contributed by atoms with Crippen LogP contribution in [0.5, 0.6) is 5.75 Å². The van der Waals surface area contributed by atoms with E-state index in [1.165, 1.54) is 19.2 Å². The van der Waals surface area contributed by atoms with Gasteiger partial charge < -0.3 is 9.64 Å². The number of benzene rings is 2. The van der Waals surface area contributed by atoms with Crippen LogP contribution in [0.2, 0.25) is 5.02 Å². The first kappa shape index (κ1) is 18.5. The summed E-state index contributed by atoms with van der Waals surface area (Å²) in [5.74, 6) is 0.396. The molecule has 138 valence electrons. The van der Waals surface area contributed by atoms with E-state index in [9.17, 15) is 14.5 Å². The summed E-state index contributed by atoms with van der Waals surface area (Å²) < 4.78 is 18.8. The Labute approximate surface area is 156 Å². The van der Waals surface area contributed by atoms with Crippen LogP contribution in [0.4, 0.5) is 15.8 Å². The van der Waals surface area contributed by atoms with Gasteiger partial charge in [0.25, 0.3) is 5.69 Å². The standard InChI is InChI=1S/C19H20ClFN2O3/c1-26-19-5-2-14(11-17(19)21)10-13-6-8-22(9-7-13)18-4-3-15(23(24)25)12-16(18)20/h2-5,11-13H,6-10H2,1H3. The molecule has 1 aliphatic rings. The van der Waals surface area contributed by atoms with Crippen molar-refractivity contribution in [1.82, 2.24) is 0 Å². The van der Waals surface area contributed by atoms with Crippen LogP contribution in [0, 0.1) is 21.8 Å². The highest BCUT2D eigenvalue weighted by molar-refractivity contribution is 6.33. The van der Waals surface area contributed by atoms with E-state index in [-0.39, 0.29) is 17.3 Å². The fourth-order valence-corrected chi connectivity index (χ4v) is 3.71. The van der Waals surface area contributed by atoms with Gasteiger partial charge in [-0.15, -0.1) is 0 Å². The zero-order valence-electron chi connectivity index (χ0n) is 14.5. The second-order valence-electron chi connectivity index (χ2n) is 6.50. The number of piperidine rings is 1. The number of ether oxygens (including phenoxy) is 1. The van der Waals surface area contributed by atoms with Crippen molar-refractivity contribution in [2.45, 2.75) is 19.3 Å². The largest absolute Gasteiger partial charge is 0.494 e. The average Bonchev–Trinajstić information content (AvgIpc) is 2.62. The molecule has 1 heterocycles. The molecule has 1 fully saturated rings. The van der Waals surface area contributed by atoms with E-state index < -0.39 is 4.92 Å². The lowest BCUT2D eigenvalue weighted by Crippen LogP contribution is -2.34. The zero-order chi connectivity index (χ0) is 18.7. The lowest BCUT2D eigenvalue weighted by Gasteiger charge is -2.34. The van der Waals surface area contributed by atoms with Crippen molar-refractivity contribution >= 4 is 23.0 Å². The fourth-order valence-electron chi connectivity index (χ4n) is 3.41. The molecule has 0 spiro atoms. The summed E-state index contributed by atoms with van der Waals surface area (Å²) in [7, 11) is 1.46. The van der Waals surface area contributed by atoms with Gasteiger partial charge in [-0.1, -0.05) is 17.7 Å². The van der Waals surface area contributed by atoms with Crippen LogP contribution in [0.3, 0.4) is 0 Å². The first-order chi connectivity index (χ1) is 12.5. The van der Waals surface area contributed by atoms with Gasteiger partial charge >= 0.3 is 0 Å². The molecule has 2 aromatic carbocycles. The number of nitro benzene ring substituents is 1. The van der Waals surface area contributed by atoms with E-state index >= 15 is 0 Å². The lowest BCUT2D eigenvalue weighted by molar-refractivity contribution is -0.384. The third-order valence-corrected chi connectivity index (χ3v) is 5.14. The monoisotopic (exact) mass is 378 g/mol. The van der Waals surface area contributed by atoms with E-state index in [1.54, 1.807) is 18.2 Å². The average molecular weight is 379 g/mol. The number of nitrogens with zero attached hydrogens (tertiary/aromatic N) is 2. The van der Waals surface area contributed by atoms with E-state index in [4.69, 9.17) is 16.3 Å². The van der Waals surface area contributed by atoms with Gasteiger partial charge in [-0.3, -0.25) is 10.1 Å². The SMILES string of the molecule is COc1ccc(CC2CCN(c3ccc([N+](=O)[O-])cc3Cl)CC2)cc1F. The molecule has 7 heteroatoms. The molecule has 26 heavy (non-hydrogen) atoms. The third-order valence-electron chi connectivity index (χ3n) is 4.84. The number of halogens is 2. The minimum Gasteiger partial charge on any atom is -0.494 e. The number of hydrogen-bond donors (Lipinski definition) is 0. The van der Waals surface area contributed by atoms with Gasteiger partial charge in [-0.05, 0) is 48.9 Å². The molecule has 0 bridgehead atoms. The van der Waals surface area contributed by atoms with Crippen molar-refractivity contribution in [3.8, 4) is 5.75 Å².